The van der Waals surface area contributed by atoms with Crippen molar-refractivity contribution >= 4 is 105 Å². The van der Waals surface area contributed by atoms with Crippen LogP contribution >= 0.6 is 0 Å². The lowest BCUT2D eigenvalue weighted by molar-refractivity contribution is -0.143. The molecule has 0 bridgehead atoms. The second kappa shape index (κ2) is 60.6. The molecule has 2 aromatic carbocycles. The van der Waals surface area contributed by atoms with Crippen molar-refractivity contribution in [2.75, 3.05) is 93.0 Å². The van der Waals surface area contributed by atoms with E-state index in [1.165, 1.54) is 68.8 Å². The van der Waals surface area contributed by atoms with Crippen LogP contribution in [0.25, 0.3) is 10.9 Å². The van der Waals surface area contributed by atoms with Gasteiger partial charge in [-0.15, -0.1) is 5.10 Å². The van der Waals surface area contributed by atoms with Crippen molar-refractivity contribution in [1.82, 2.24) is 120 Å². The number of fused-ring (bicyclic) bond motifs is 2. The Morgan fingerprint density at radius 1 is 0.618 bits per heavy atom. The average molecular weight is 1910 g/mol. The van der Waals surface area contributed by atoms with Crippen LogP contribution in [0.15, 0.2) is 73.3 Å². The fraction of sp³-hybridized carbons (Fsp3) is 0.622. The van der Waals surface area contributed by atoms with Gasteiger partial charge in [-0.05, 0) is 105 Å². The fourth-order valence-corrected chi connectivity index (χ4v) is 15.6. The van der Waals surface area contributed by atoms with Gasteiger partial charge < -0.3 is 130 Å². The number of ether oxygens (including phenoxy) is 2. The summed E-state index contributed by atoms with van der Waals surface area (Å²) in [4.78, 5) is 224. The van der Waals surface area contributed by atoms with Crippen molar-refractivity contribution in [2.24, 2.45) is 17.4 Å². The molecule has 2 aliphatic heterocycles. The fourth-order valence-electron chi connectivity index (χ4n) is 15.6. The molecule has 2 aliphatic rings. The molecule has 3 aromatic heterocycles. The van der Waals surface area contributed by atoms with E-state index in [0.29, 0.717) is 24.1 Å². The number of hydrogen-bond acceptors (Lipinski definition) is 26. The van der Waals surface area contributed by atoms with Gasteiger partial charge in [0.2, 0.25) is 88.6 Å². The zero-order valence-corrected chi connectivity index (χ0v) is 78.1. The summed E-state index contributed by atoms with van der Waals surface area (Å²) in [6, 6.07) is -1.77. The molecule has 25 N–H and O–H groups in total. The van der Waals surface area contributed by atoms with Crippen LogP contribution in [-0.2, 0) is 107 Å². The molecule has 2 saturated heterocycles. The van der Waals surface area contributed by atoms with Gasteiger partial charge in [0.1, 0.15) is 78.9 Å². The van der Waals surface area contributed by atoms with E-state index in [1.54, 1.807) is 76.6 Å². The molecular formula is C90H140N26O20. The van der Waals surface area contributed by atoms with Crippen LogP contribution in [0.2, 0.25) is 0 Å². The summed E-state index contributed by atoms with van der Waals surface area (Å²) in [6.07, 6.45) is 17.3. The molecule has 15 amide bonds. The van der Waals surface area contributed by atoms with Crippen LogP contribution in [0.3, 0.4) is 0 Å². The maximum absolute atomic E-state index is 15.3. The van der Waals surface area contributed by atoms with E-state index in [-0.39, 0.29) is 108 Å². The van der Waals surface area contributed by atoms with Crippen molar-refractivity contribution in [3.05, 3.63) is 96.0 Å². The molecule has 46 nitrogen and oxygen atoms in total. The number of aliphatic hydroxyl groups excluding tert-OH is 3. The highest BCUT2D eigenvalue weighted by molar-refractivity contribution is 6.00. The number of tetrazole rings is 1. The first-order valence-corrected chi connectivity index (χ1v) is 46.9. The van der Waals surface area contributed by atoms with Gasteiger partial charge in [-0.25, -0.2) is 10.1 Å². The second-order valence-corrected chi connectivity index (χ2v) is 34.8. The highest BCUT2D eigenvalue weighted by Crippen LogP contribution is 2.24. The Labute approximate surface area is 790 Å². The number of unbranched alkanes of at least 4 members (excludes halogenated alkanes) is 12. The standard InChI is InChI=1S/C90H140N26O20/c1-56(2)42-66(81(126)104-65-34-35-76(121)95-36-24-23-30-63(79(91)124)102-83(128)68(44-58-47-98-62-29-22-21-28-61(58)62)106-80(125)64(31-25-37-97-90(92)93)103-82(127)67(43-57-26-17-16-18-27-57)108-88(133)73-46-60(119)50-116(73)89(65)134)105-86(131)71(52-117)109-84(129)69(45-59-48-94-55-100-59)107-87(132)72(53-118)110-85(130)70(51-115(3)4)101-77(122)49-99-78(123)54-136-41-40-135-39-38-96-75(120)33-20-15-13-11-9-7-5-6-8-10-12-14-19-32-74-111-113-114-112-74/h16-18,21-22,26-29,47-48,55-56,60,63-73,98,117-119H,5-15,19-20,23-25,30-46,49-54H2,1-4H3,(H2,91,124)(H,94,100)(H,95,121)(H,96,120)(H,99,123)(H,101,122)(H,102,128)(H,103,127)(H,104,126)(H,105,131)(H,106,125)(H,107,132)(H,108,133)(H,109,129)(H,110,130)(H4,92,93,97)(H,111,112,113,114)/t60-,63+,64+,65+,66+,67-,68+,69+,70+,71+,72+,73+/m1/s1. The highest BCUT2D eigenvalue weighted by atomic mass is 16.5. The number of amides is 15. The van der Waals surface area contributed by atoms with E-state index in [1.807, 2.05) is 12.1 Å². The van der Waals surface area contributed by atoms with Crippen molar-refractivity contribution in [1.29, 1.82) is 5.41 Å². The Balaban J connectivity index is 0.941. The molecule has 7 rings (SSSR count). The number of para-hydroxylation sites is 1. The SMILES string of the molecule is CC(C)C[C@H](NC(=O)[C@H](CO)NC(=O)[C@H](Cc1c[nH]cn1)NC(=O)[C@H](CO)NC(=O)[C@H](CN(C)C)NC(=O)CNC(=O)COCCOCCNC(=O)CCCCCCCCCCCCCCCc1nnn[nH]1)C(=O)N[C@H]1CCC(=O)NCCCC[C@@H](C(N)=O)NC(=O)[C@H](Cc2c[nH]c3ccccc23)NC(=O)[C@H](CCCNC(=N)N)NC(=O)[C@@H](Cc2ccccc2)NC(=O)[C@@H]2C[C@@H](O)CN2C1=O. The van der Waals surface area contributed by atoms with E-state index in [4.69, 9.17) is 26.4 Å². The summed E-state index contributed by atoms with van der Waals surface area (Å²) in [5, 5.41) is 91.5. The van der Waals surface area contributed by atoms with E-state index in [2.05, 4.69) is 110 Å². The number of nitrogens with zero attached hydrogens (tertiary/aromatic N) is 6. The van der Waals surface area contributed by atoms with Gasteiger partial charge in [0, 0.05) is 101 Å². The van der Waals surface area contributed by atoms with E-state index in [9.17, 15) is 72.9 Å². The van der Waals surface area contributed by atoms with Crippen LogP contribution in [0.1, 0.15) is 184 Å². The molecule has 750 valence electrons. The molecule has 0 unspecified atom stereocenters. The Morgan fingerprint density at radius 3 is 1.88 bits per heavy atom. The summed E-state index contributed by atoms with van der Waals surface area (Å²) < 4.78 is 10.9. The summed E-state index contributed by atoms with van der Waals surface area (Å²) in [5.74, 6) is -13.1. The summed E-state index contributed by atoms with van der Waals surface area (Å²) >= 11 is 0. The molecular weight excluding hydrogens is 1770 g/mol. The zero-order chi connectivity index (χ0) is 98.7. The molecule has 5 aromatic rings. The number of aromatic nitrogens is 7. The zero-order valence-electron chi connectivity index (χ0n) is 78.1. The minimum Gasteiger partial charge on any atom is -0.394 e. The van der Waals surface area contributed by atoms with Gasteiger partial charge in [-0.2, -0.15) is 0 Å². The number of guanidine groups is 1. The molecule has 0 radical (unpaired) electrons. The Kier molecular flexibility index (Phi) is 49.2. The van der Waals surface area contributed by atoms with Crippen LogP contribution in [0.5, 0.6) is 0 Å². The molecule has 0 aliphatic carbocycles. The molecule has 12 atom stereocenters. The number of imidazole rings is 1. The summed E-state index contributed by atoms with van der Waals surface area (Å²) in [7, 11) is 3.16. The first kappa shape index (κ1) is 110. The predicted octanol–water partition coefficient (Wildman–Crippen LogP) is -3.37. The lowest BCUT2D eigenvalue weighted by Crippen LogP contribution is -2.62. The summed E-state index contributed by atoms with van der Waals surface area (Å²) in [6.45, 7) is 0.131. The number of hydrogen-bond donors (Lipinski definition) is 23. The van der Waals surface area contributed by atoms with E-state index in [0.717, 1.165) is 60.2 Å². The Hall–Kier alpha value is -12.7. The van der Waals surface area contributed by atoms with Gasteiger partial charge in [0.15, 0.2) is 5.96 Å². The molecule has 2 fully saturated rings. The quantitative estimate of drug-likeness (QED) is 0.0103. The number of aryl methyl sites for hydroxylation is 1. The van der Waals surface area contributed by atoms with Gasteiger partial charge in [0.05, 0.1) is 57.7 Å². The molecule has 46 heteroatoms. The molecule has 5 heterocycles. The van der Waals surface area contributed by atoms with Crippen LogP contribution in [0, 0.1) is 11.3 Å². The number of benzene rings is 2. The maximum atomic E-state index is 15.3. The normalized spacial score (nSPS) is 18.9. The van der Waals surface area contributed by atoms with Gasteiger partial charge in [0.25, 0.3) is 0 Å². The van der Waals surface area contributed by atoms with Crippen LogP contribution < -0.4 is 85.9 Å². The highest BCUT2D eigenvalue weighted by Gasteiger charge is 2.44. The Morgan fingerprint density at radius 2 is 1.23 bits per heavy atom. The minimum atomic E-state index is -1.90. The second-order valence-electron chi connectivity index (χ2n) is 34.8. The number of likely N-dealkylation sites (N-methyl/N-ethyl adjacent to an activating group) is 1. The number of carbonyl (C=O) groups excluding carboxylic acids is 15. The van der Waals surface area contributed by atoms with Crippen molar-refractivity contribution in [3.8, 4) is 0 Å². The number of rotatable bonds is 54. The van der Waals surface area contributed by atoms with Gasteiger partial charge >= 0.3 is 0 Å². The summed E-state index contributed by atoms with van der Waals surface area (Å²) in [5.41, 5.74) is 13.5. The van der Waals surface area contributed by atoms with E-state index < -0.39 is 220 Å². The third-order valence-electron chi connectivity index (χ3n) is 22.9. The third-order valence-corrected chi connectivity index (χ3v) is 22.9. The van der Waals surface area contributed by atoms with Crippen LogP contribution in [-0.4, -0.2) is 321 Å². The van der Waals surface area contributed by atoms with Crippen LogP contribution in [0.4, 0.5) is 0 Å². The number of H-pyrrole nitrogens is 3. The number of nitrogens with one attached hydrogen (secondary N) is 18. The number of primary amides is 1. The predicted molar refractivity (Wildman–Crippen MR) is 497 cm³/mol. The lowest BCUT2D eigenvalue weighted by Gasteiger charge is -2.31. The number of aliphatic hydroxyl groups is 3. The molecule has 0 saturated carbocycles. The number of carbonyl (C=O) groups is 15. The smallest absolute Gasteiger partial charge is 0.246 e. The van der Waals surface area contributed by atoms with Crippen molar-refractivity contribution < 1.29 is 96.7 Å². The van der Waals surface area contributed by atoms with Gasteiger partial charge in [-0.1, -0.05) is 133 Å². The topological polar surface area (TPSA) is 685 Å². The maximum Gasteiger partial charge on any atom is 0.246 e. The van der Waals surface area contributed by atoms with Crippen molar-refractivity contribution in [3.63, 3.8) is 0 Å². The largest absolute Gasteiger partial charge is 0.394 e. The molecule has 0 spiro atoms. The average Bonchev–Trinajstić information content (AvgIpc) is 1.65. The molecule has 136 heavy (non-hydrogen) atoms. The van der Waals surface area contributed by atoms with Gasteiger partial charge in [-0.3, -0.25) is 77.3 Å². The van der Waals surface area contributed by atoms with E-state index >= 15 is 14.4 Å². The number of aromatic amines is 3. The third kappa shape index (κ3) is 40.9. The lowest BCUT2D eigenvalue weighted by atomic mass is 10.0. The minimum absolute atomic E-state index is 0.0169. The van der Waals surface area contributed by atoms with Crippen molar-refractivity contribution in [2.45, 2.75) is 260 Å². The first-order chi connectivity index (χ1) is 65.4. The monoisotopic (exact) mass is 1910 g/mol. The number of nitrogens with two attached hydrogens (primary N) is 2. The Bertz CT molecular complexity index is 4600. The first-order valence-electron chi connectivity index (χ1n) is 46.9.